The number of likely N-dealkylation sites (tertiary alicyclic amines) is 1. The van der Waals surface area contributed by atoms with Crippen LogP contribution in [-0.4, -0.2) is 46.3 Å². The number of hydrogen-bond donors (Lipinski definition) is 2. The first-order chi connectivity index (χ1) is 14.0. The summed E-state index contributed by atoms with van der Waals surface area (Å²) in [6.07, 6.45) is 3.62. The standard InChI is InChI=1S/C20H23N5O4/c26-19(20(27)23-17-6-1-2-7-18(17)25(28)29)22-13-15-8-11-24(12-9-15)14-16-5-3-4-10-21-16/h1-7,10,15H,8-9,11-14H2,(H,22,26)(H,23,27). The van der Waals surface area contributed by atoms with Gasteiger partial charge in [-0.05, 0) is 50.0 Å². The van der Waals surface area contributed by atoms with Crippen LogP contribution in [0.4, 0.5) is 11.4 Å². The number of rotatable bonds is 6. The molecule has 152 valence electrons. The van der Waals surface area contributed by atoms with E-state index in [1.807, 2.05) is 18.2 Å². The van der Waals surface area contributed by atoms with E-state index >= 15 is 0 Å². The molecule has 9 nitrogen and oxygen atoms in total. The number of piperidine rings is 1. The van der Waals surface area contributed by atoms with Gasteiger partial charge < -0.3 is 10.6 Å². The van der Waals surface area contributed by atoms with Crippen molar-refractivity contribution in [2.75, 3.05) is 25.0 Å². The highest BCUT2D eigenvalue weighted by Crippen LogP contribution is 2.23. The third kappa shape index (κ3) is 5.82. The third-order valence-corrected chi connectivity index (χ3v) is 4.93. The number of nitro benzene ring substituents is 1. The molecule has 29 heavy (non-hydrogen) atoms. The summed E-state index contributed by atoms with van der Waals surface area (Å²) in [5.74, 6) is -1.41. The molecular formula is C20H23N5O4. The van der Waals surface area contributed by atoms with Gasteiger partial charge in [-0.25, -0.2) is 0 Å². The van der Waals surface area contributed by atoms with Crippen molar-refractivity contribution in [3.63, 3.8) is 0 Å². The molecule has 0 saturated carbocycles. The van der Waals surface area contributed by atoms with E-state index in [2.05, 4.69) is 20.5 Å². The maximum atomic E-state index is 12.1. The molecular weight excluding hydrogens is 374 g/mol. The monoisotopic (exact) mass is 397 g/mol. The number of nitrogens with one attached hydrogen (secondary N) is 2. The Morgan fingerprint density at radius 3 is 2.52 bits per heavy atom. The zero-order valence-corrected chi connectivity index (χ0v) is 15.9. The number of hydrogen-bond acceptors (Lipinski definition) is 6. The van der Waals surface area contributed by atoms with Crippen LogP contribution in [0.5, 0.6) is 0 Å². The molecule has 0 unspecified atom stereocenters. The topological polar surface area (TPSA) is 117 Å². The predicted molar refractivity (Wildman–Crippen MR) is 107 cm³/mol. The number of amides is 2. The van der Waals surface area contributed by atoms with Crippen LogP contribution in [0.2, 0.25) is 0 Å². The molecule has 9 heteroatoms. The number of aromatic nitrogens is 1. The molecule has 0 atom stereocenters. The van der Waals surface area contributed by atoms with Crippen LogP contribution in [0, 0.1) is 16.0 Å². The fourth-order valence-electron chi connectivity index (χ4n) is 3.30. The van der Waals surface area contributed by atoms with Gasteiger partial charge in [-0.1, -0.05) is 18.2 Å². The molecule has 1 aromatic carbocycles. The van der Waals surface area contributed by atoms with Crippen LogP contribution >= 0.6 is 0 Å². The van der Waals surface area contributed by atoms with Crippen LogP contribution in [0.25, 0.3) is 0 Å². The van der Waals surface area contributed by atoms with Crippen molar-refractivity contribution < 1.29 is 14.5 Å². The average molecular weight is 397 g/mol. The molecule has 0 aliphatic carbocycles. The number of nitro groups is 1. The second-order valence-electron chi connectivity index (χ2n) is 6.98. The first-order valence-corrected chi connectivity index (χ1v) is 9.48. The highest BCUT2D eigenvalue weighted by molar-refractivity contribution is 6.39. The molecule has 1 saturated heterocycles. The van der Waals surface area contributed by atoms with E-state index in [-0.39, 0.29) is 17.3 Å². The summed E-state index contributed by atoms with van der Waals surface area (Å²) in [5, 5.41) is 15.9. The van der Waals surface area contributed by atoms with Gasteiger partial charge in [0, 0.05) is 25.4 Å². The van der Waals surface area contributed by atoms with E-state index in [9.17, 15) is 19.7 Å². The molecule has 2 heterocycles. The van der Waals surface area contributed by atoms with Gasteiger partial charge >= 0.3 is 11.8 Å². The van der Waals surface area contributed by atoms with Crippen molar-refractivity contribution in [3.05, 3.63) is 64.5 Å². The van der Waals surface area contributed by atoms with Gasteiger partial charge in [0.05, 0.1) is 10.6 Å². The summed E-state index contributed by atoms with van der Waals surface area (Å²) >= 11 is 0. The van der Waals surface area contributed by atoms with Crippen molar-refractivity contribution in [3.8, 4) is 0 Å². The highest BCUT2D eigenvalue weighted by Gasteiger charge is 2.23. The van der Waals surface area contributed by atoms with Gasteiger partial charge in [0.25, 0.3) is 5.69 Å². The van der Waals surface area contributed by atoms with Crippen molar-refractivity contribution in [1.82, 2.24) is 15.2 Å². The van der Waals surface area contributed by atoms with Crippen molar-refractivity contribution >= 4 is 23.2 Å². The second kappa shape index (κ2) is 9.74. The average Bonchev–Trinajstić information content (AvgIpc) is 2.74. The zero-order valence-electron chi connectivity index (χ0n) is 15.9. The van der Waals surface area contributed by atoms with E-state index in [1.54, 1.807) is 12.3 Å². The Morgan fingerprint density at radius 1 is 1.10 bits per heavy atom. The minimum atomic E-state index is -0.910. The van der Waals surface area contributed by atoms with Gasteiger partial charge in [-0.3, -0.25) is 29.6 Å². The van der Waals surface area contributed by atoms with Crippen LogP contribution in [0.15, 0.2) is 48.7 Å². The lowest BCUT2D eigenvalue weighted by Gasteiger charge is -2.31. The molecule has 2 aromatic rings. The number of pyridine rings is 1. The smallest absolute Gasteiger partial charge is 0.313 e. The number of carbonyl (C=O) groups excluding carboxylic acids is 2. The normalized spacial score (nSPS) is 14.9. The maximum absolute atomic E-state index is 12.1. The lowest BCUT2D eigenvalue weighted by atomic mass is 9.96. The number of carbonyl (C=O) groups is 2. The van der Waals surface area contributed by atoms with E-state index in [4.69, 9.17) is 0 Å². The lowest BCUT2D eigenvalue weighted by molar-refractivity contribution is -0.383. The number of nitrogens with zero attached hydrogens (tertiary/aromatic N) is 3. The van der Waals surface area contributed by atoms with Crippen molar-refractivity contribution in [2.45, 2.75) is 19.4 Å². The minimum Gasteiger partial charge on any atom is -0.348 e. The molecule has 3 rings (SSSR count). The van der Waals surface area contributed by atoms with Gasteiger partial charge in [-0.15, -0.1) is 0 Å². The Morgan fingerprint density at radius 2 is 1.83 bits per heavy atom. The third-order valence-electron chi connectivity index (χ3n) is 4.93. The predicted octanol–water partition coefficient (Wildman–Crippen LogP) is 1.96. The molecule has 0 bridgehead atoms. The van der Waals surface area contributed by atoms with Gasteiger partial charge in [0.1, 0.15) is 5.69 Å². The summed E-state index contributed by atoms with van der Waals surface area (Å²) in [7, 11) is 0. The molecule has 0 spiro atoms. The fourth-order valence-corrected chi connectivity index (χ4v) is 3.30. The Kier molecular flexibility index (Phi) is 6.85. The Hall–Kier alpha value is -3.33. The van der Waals surface area contributed by atoms with E-state index in [0.29, 0.717) is 6.54 Å². The van der Waals surface area contributed by atoms with Crippen LogP contribution < -0.4 is 10.6 Å². The number of benzene rings is 1. The van der Waals surface area contributed by atoms with E-state index in [1.165, 1.54) is 18.2 Å². The molecule has 2 N–H and O–H groups in total. The highest BCUT2D eigenvalue weighted by atomic mass is 16.6. The molecule has 1 fully saturated rings. The quantitative estimate of drug-likeness (QED) is 0.437. The number of para-hydroxylation sites is 2. The summed E-state index contributed by atoms with van der Waals surface area (Å²) < 4.78 is 0. The van der Waals surface area contributed by atoms with E-state index < -0.39 is 16.7 Å². The summed E-state index contributed by atoms with van der Waals surface area (Å²) in [6.45, 7) is 3.01. The summed E-state index contributed by atoms with van der Waals surface area (Å²) in [5.41, 5.74) is 0.778. The second-order valence-corrected chi connectivity index (χ2v) is 6.98. The van der Waals surface area contributed by atoms with Crippen LogP contribution in [0.1, 0.15) is 18.5 Å². The molecule has 1 aliphatic rings. The zero-order chi connectivity index (χ0) is 20.6. The van der Waals surface area contributed by atoms with Crippen LogP contribution in [0.3, 0.4) is 0 Å². The molecule has 1 aromatic heterocycles. The molecule has 0 radical (unpaired) electrons. The Balaban J connectivity index is 1.42. The van der Waals surface area contributed by atoms with Gasteiger partial charge in [0.15, 0.2) is 0 Å². The van der Waals surface area contributed by atoms with Gasteiger partial charge in [-0.2, -0.15) is 0 Å². The largest absolute Gasteiger partial charge is 0.348 e. The SMILES string of the molecule is O=C(NCC1CCN(Cc2ccccn2)CC1)C(=O)Nc1ccccc1[N+](=O)[O-]. The first-order valence-electron chi connectivity index (χ1n) is 9.48. The van der Waals surface area contributed by atoms with Crippen LogP contribution in [-0.2, 0) is 16.1 Å². The Bertz CT molecular complexity index is 866. The van der Waals surface area contributed by atoms with Gasteiger partial charge in [0.2, 0.25) is 0 Å². The van der Waals surface area contributed by atoms with Crippen molar-refractivity contribution in [1.29, 1.82) is 0 Å². The summed E-state index contributed by atoms with van der Waals surface area (Å²) in [6, 6.07) is 11.6. The number of anilines is 1. The molecule has 2 amide bonds. The fraction of sp³-hybridized carbons (Fsp3) is 0.350. The maximum Gasteiger partial charge on any atom is 0.313 e. The summed E-state index contributed by atoms with van der Waals surface area (Å²) in [4.78, 5) is 41.2. The molecule has 1 aliphatic heterocycles. The first kappa shape index (κ1) is 20.4. The minimum absolute atomic E-state index is 0.000444. The van der Waals surface area contributed by atoms with E-state index in [0.717, 1.165) is 38.2 Å². The Labute approximate surface area is 168 Å². The lowest BCUT2D eigenvalue weighted by Crippen LogP contribution is -2.41. The van der Waals surface area contributed by atoms with Crippen molar-refractivity contribution in [2.24, 2.45) is 5.92 Å².